The second-order valence-electron chi connectivity index (χ2n) is 12.6. The summed E-state index contributed by atoms with van der Waals surface area (Å²) in [4.78, 5) is 9.61. The van der Waals surface area contributed by atoms with Crippen LogP contribution in [0.2, 0.25) is 0 Å². The third-order valence-electron chi connectivity index (χ3n) is 9.62. The molecule has 2 aromatic heterocycles. The summed E-state index contributed by atoms with van der Waals surface area (Å²) in [5, 5.41) is 3.47. The van der Waals surface area contributed by atoms with Crippen LogP contribution in [0.4, 0.5) is 0 Å². The molecular weight excluding hydrogens is 605 g/mol. The van der Waals surface area contributed by atoms with Crippen molar-refractivity contribution in [2.75, 3.05) is 0 Å². The van der Waals surface area contributed by atoms with Crippen LogP contribution in [0, 0.1) is 0 Å². The first-order valence-electron chi connectivity index (χ1n) is 17.0. The van der Waals surface area contributed by atoms with Crippen LogP contribution < -0.4 is 0 Å². The van der Waals surface area contributed by atoms with Gasteiger partial charge in [-0.1, -0.05) is 158 Å². The van der Waals surface area contributed by atoms with Crippen LogP contribution in [0.25, 0.3) is 88.6 Å². The summed E-state index contributed by atoms with van der Waals surface area (Å²) in [6.07, 6.45) is 3.68. The predicted octanol–water partition coefficient (Wildman–Crippen LogP) is 12.8. The molecule has 0 aliphatic heterocycles. The van der Waals surface area contributed by atoms with Gasteiger partial charge in [0.05, 0.1) is 11.2 Å². The molecular formula is C48H32N2. The minimum absolute atomic E-state index is 0.954. The normalized spacial score (nSPS) is 11.2. The van der Waals surface area contributed by atoms with Crippen molar-refractivity contribution in [3.8, 4) is 66.9 Å². The van der Waals surface area contributed by atoms with E-state index in [4.69, 9.17) is 4.98 Å². The predicted molar refractivity (Wildman–Crippen MR) is 210 cm³/mol. The lowest BCUT2D eigenvalue weighted by molar-refractivity contribution is 1.33. The zero-order chi connectivity index (χ0) is 33.3. The molecule has 0 bridgehead atoms. The standard InChI is InChI=1S/C48H32N2/c1-3-9-33(10-4-1)35-15-21-39(22-16-35)44-31-46-45(40-23-17-37(18-24-40)38-27-29-49-30-28-38)32-47(50-48(46)43-14-8-7-13-42(43)44)41-25-19-36(20-26-41)34-11-5-2-6-12-34/h1-32H. The molecule has 0 fully saturated rings. The van der Waals surface area contributed by atoms with E-state index in [1.165, 1.54) is 38.8 Å². The maximum absolute atomic E-state index is 5.41. The fourth-order valence-corrected chi connectivity index (χ4v) is 7.00. The Balaban J connectivity index is 1.24. The van der Waals surface area contributed by atoms with Gasteiger partial charge in [-0.3, -0.25) is 4.98 Å². The summed E-state index contributed by atoms with van der Waals surface area (Å²) < 4.78 is 0. The van der Waals surface area contributed by atoms with Crippen LogP contribution in [-0.2, 0) is 0 Å². The average molecular weight is 637 g/mol. The Morgan fingerprint density at radius 2 is 0.680 bits per heavy atom. The van der Waals surface area contributed by atoms with Crippen molar-refractivity contribution in [2.24, 2.45) is 0 Å². The van der Waals surface area contributed by atoms with E-state index in [0.29, 0.717) is 0 Å². The summed E-state index contributed by atoms with van der Waals surface area (Å²) in [6, 6.07) is 65.0. The minimum Gasteiger partial charge on any atom is -0.265 e. The molecule has 9 aromatic rings. The van der Waals surface area contributed by atoms with Gasteiger partial charge in [0.2, 0.25) is 0 Å². The summed E-state index contributed by atoms with van der Waals surface area (Å²) in [5.74, 6) is 0. The lowest BCUT2D eigenvalue weighted by atomic mass is 9.90. The highest BCUT2D eigenvalue weighted by Crippen LogP contribution is 2.41. The first-order chi connectivity index (χ1) is 24.8. The molecule has 0 amide bonds. The van der Waals surface area contributed by atoms with Gasteiger partial charge in [0.25, 0.3) is 0 Å². The van der Waals surface area contributed by atoms with Crippen molar-refractivity contribution in [1.82, 2.24) is 9.97 Å². The van der Waals surface area contributed by atoms with E-state index < -0.39 is 0 Å². The van der Waals surface area contributed by atoms with Crippen molar-refractivity contribution >= 4 is 21.7 Å². The Labute approximate surface area is 292 Å². The molecule has 2 nitrogen and oxygen atoms in total. The molecule has 2 heteroatoms. The third kappa shape index (κ3) is 5.53. The van der Waals surface area contributed by atoms with Gasteiger partial charge in [-0.05, 0) is 85.3 Å². The molecule has 0 aliphatic carbocycles. The van der Waals surface area contributed by atoms with E-state index in [1.54, 1.807) is 0 Å². The second kappa shape index (κ2) is 12.8. The maximum atomic E-state index is 5.41. The van der Waals surface area contributed by atoms with Crippen LogP contribution in [0.15, 0.2) is 194 Å². The number of fused-ring (bicyclic) bond motifs is 3. The van der Waals surface area contributed by atoms with Gasteiger partial charge in [0.1, 0.15) is 0 Å². The van der Waals surface area contributed by atoms with E-state index in [1.807, 2.05) is 12.4 Å². The van der Waals surface area contributed by atoms with E-state index in [0.717, 1.165) is 49.8 Å². The van der Waals surface area contributed by atoms with Crippen molar-refractivity contribution in [3.63, 3.8) is 0 Å². The van der Waals surface area contributed by atoms with Gasteiger partial charge in [-0.2, -0.15) is 0 Å². The Kier molecular flexibility index (Phi) is 7.53. The smallest absolute Gasteiger partial charge is 0.0794 e. The summed E-state index contributed by atoms with van der Waals surface area (Å²) >= 11 is 0. The highest BCUT2D eigenvalue weighted by molar-refractivity contribution is 6.16. The number of hydrogen-bond acceptors (Lipinski definition) is 2. The van der Waals surface area contributed by atoms with E-state index >= 15 is 0 Å². The topological polar surface area (TPSA) is 25.8 Å². The SMILES string of the molecule is c1ccc(-c2ccc(-c3cc(-c4ccc(-c5ccncc5)cc4)c4cc(-c5ccc(-c6ccccc6)cc5)c5ccccc5c4n3)cc2)cc1. The van der Waals surface area contributed by atoms with Crippen molar-refractivity contribution in [1.29, 1.82) is 0 Å². The minimum atomic E-state index is 0.954. The fourth-order valence-electron chi connectivity index (χ4n) is 7.00. The number of pyridine rings is 2. The highest BCUT2D eigenvalue weighted by Gasteiger charge is 2.16. The zero-order valence-electron chi connectivity index (χ0n) is 27.4. The van der Waals surface area contributed by atoms with Gasteiger partial charge >= 0.3 is 0 Å². The fraction of sp³-hybridized carbons (Fsp3) is 0. The monoisotopic (exact) mass is 636 g/mol. The van der Waals surface area contributed by atoms with Crippen molar-refractivity contribution in [2.45, 2.75) is 0 Å². The molecule has 50 heavy (non-hydrogen) atoms. The van der Waals surface area contributed by atoms with Gasteiger partial charge in [-0.15, -0.1) is 0 Å². The van der Waals surface area contributed by atoms with Crippen LogP contribution >= 0.6 is 0 Å². The highest BCUT2D eigenvalue weighted by atomic mass is 14.7. The van der Waals surface area contributed by atoms with E-state index in [2.05, 4.69) is 187 Å². The van der Waals surface area contributed by atoms with Crippen molar-refractivity contribution in [3.05, 3.63) is 194 Å². The first-order valence-corrected chi connectivity index (χ1v) is 17.0. The molecule has 0 aliphatic rings. The average Bonchev–Trinajstić information content (AvgIpc) is 3.21. The number of hydrogen-bond donors (Lipinski definition) is 0. The van der Waals surface area contributed by atoms with Gasteiger partial charge in [0.15, 0.2) is 0 Å². The molecule has 234 valence electrons. The number of aromatic nitrogens is 2. The number of benzene rings is 7. The van der Waals surface area contributed by atoms with Crippen LogP contribution in [0.5, 0.6) is 0 Å². The lowest BCUT2D eigenvalue weighted by Crippen LogP contribution is -1.93. The van der Waals surface area contributed by atoms with Crippen molar-refractivity contribution < 1.29 is 0 Å². The first kappa shape index (κ1) is 29.5. The van der Waals surface area contributed by atoms with Crippen LogP contribution in [-0.4, -0.2) is 9.97 Å². The molecule has 7 aromatic carbocycles. The van der Waals surface area contributed by atoms with E-state index in [-0.39, 0.29) is 0 Å². The Morgan fingerprint density at radius 1 is 0.280 bits per heavy atom. The number of rotatable bonds is 6. The van der Waals surface area contributed by atoms with Gasteiger partial charge in [-0.25, -0.2) is 4.98 Å². The Bertz CT molecular complexity index is 2580. The molecule has 9 rings (SSSR count). The second-order valence-corrected chi connectivity index (χ2v) is 12.6. The molecule has 0 spiro atoms. The van der Waals surface area contributed by atoms with Crippen LogP contribution in [0.3, 0.4) is 0 Å². The molecule has 2 heterocycles. The van der Waals surface area contributed by atoms with Gasteiger partial charge in [0, 0.05) is 28.7 Å². The van der Waals surface area contributed by atoms with Crippen LogP contribution in [0.1, 0.15) is 0 Å². The lowest BCUT2D eigenvalue weighted by Gasteiger charge is -2.16. The summed E-state index contributed by atoms with van der Waals surface area (Å²) in [5.41, 5.74) is 14.9. The molecule has 0 N–H and O–H groups in total. The van der Waals surface area contributed by atoms with E-state index in [9.17, 15) is 0 Å². The molecule has 0 saturated heterocycles. The zero-order valence-corrected chi connectivity index (χ0v) is 27.4. The summed E-state index contributed by atoms with van der Waals surface area (Å²) in [6.45, 7) is 0. The Morgan fingerprint density at radius 3 is 1.22 bits per heavy atom. The molecule has 0 unspecified atom stereocenters. The number of nitrogens with zero attached hydrogens (tertiary/aromatic N) is 2. The third-order valence-corrected chi connectivity index (χ3v) is 9.62. The maximum Gasteiger partial charge on any atom is 0.0794 e. The molecule has 0 atom stereocenters. The largest absolute Gasteiger partial charge is 0.265 e. The Hall–Kier alpha value is -6.64. The quantitative estimate of drug-likeness (QED) is 0.170. The molecule has 0 radical (unpaired) electrons. The molecule has 0 saturated carbocycles. The summed E-state index contributed by atoms with van der Waals surface area (Å²) in [7, 11) is 0. The van der Waals surface area contributed by atoms with Gasteiger partial charge < -0.3 is 0 Å².